The Morgan fingerprint density at radius 3 is 2.78 bits per heavy atom. The Morgan fingerprint density at radius 1 is 1.39 bits per heavy atom. The van der Waals surface area contributed by atoms with E-state index in [1.165, 1.54) is 6.07 Å². The first-order valence-corrected chi connectivity index (χ1v) is 6.08. The maximum atomic E-state index is 13.1. The van der Waals surface area contributed by atoms with Crippen LogP contribution in [0.2, 0.25) is 5.02 Å². The van der Waals surface area contributed by atoms with Crippen molar-refractivity contribution in [2.45, 2.75) is 25.7 Å². The van der Waals surface area contributed by atoms with Gasteiger partial charge in [0.25, 0.3) is 0 Å². The zero-order valence-electron chi connectivity index (χ0n) is 9.88. The number of anilines is 1. The quantitative estimate of drug-likeness (QED) is 0.551. The Morgan fingerprint density at radius 2 is 2.11 bits per heavy atom. The summed E-state index contributed by atoms with van der Waals surface area (Å²) in [5, 5.41) is 11.0. The van der Waals surface area contributed by atoms with Gasteiger partial charge in [0.15, 0.2) is 0 Å². The molecule has 1 rings (SSSR count). The second-order valence-corrected chi connectivity index (χ2v) is 4.41. The van der Waals surface area contributed by atoms with Gasteiger partial charge in [-0.25, -0.2) is 9.18 Å². The second kappa shape index (κ2) is 7.06. The number of unbranched alkanes of at least 4 members (excludes halogenated alkanes) is 2. The monoisotopic (exact) mass is 274 g/mol. The molecule has 0 unspecified atom stereocenters. The molecule has 0 atom stereocenters. The number of halogens is 2. The SMILES string of the molecule is Nc1cc(CCCCCNC(=O)O)c(Cl)cc1F. The first-order valence-electron chi connectivity index (χ1n) is 5.71. The van der Waals surface area contributed by atoms with E-state index in [9.17, 15) is 9.18 Å². The number of carbonyl (C=O) groups is 1. The van der Waals surface area contributed by atoms with Crippen molar-refractivity contribution in [3.05, 3.63) is 28.5 Å². The minimum atomic E-state index is -1.01. The summed E-state index contributed by atoms with van der Waals surface area (Å²) in [5.74, 6) is -0.505. The number of nitrogen functional groups attached to an aromatic ring is 1. The minimum absolute atomic E-state index is 0.0990. The maximum Gasteiger partial charge on any atom is 0.404 e. The number of amides is 1. The van der Waals surface area contributed by atoms with E-state index in [1.807, 2.05) is 0 Å². The predicted octanol–water partition coefficient (Wildman–Crippen LogP) is 3.04. The van der Waals surface area contributed by atoms with Crippen molar-refractivity contribution < 1.29 is 14.3 Å². The first-order chi connectivity index (χ1) is 8.50. The molecule has 100 valence electrons. The zero-order chi connectivity index (χ0) is 13.5. The van der Waals surface area contributed by atoms with Crippen LogP contribution >= 0.6 is 11.6 Å². The van der Waals surface area contributed by atoms with Crippen molar-refractivity contribution in [2.75, 3.05) is 12.3 Å². The number of hydrogen-bond donors (Lipinski definition) is 3. The van der Waals surface area contributed by atoms with E-state index in [4.69, 9.17) is 22.4 Å². The number of carboxylic acid groups (broad SMARTS) is 1. The van der Waals surface area contributed by atoms with E-state index in [2.05, 4.69) is 5.32 Å². The molecule has 4 N–H and O–H groups in total. The molecular weight excluding hydrogens is 259 g/mol. The van der Waals surface area contributed by atoms with Crippen molar-refractivity contribution in [3.63, 3.8) is 0 Å². The molecule has 0 radical (unpaired) electrons. The van der Waals surface area contributed by atoms with Crippen molar-refractivity contribution >= 4 is 23.4 Å². The number of benzene rings is 1. The van der Waals surface area contributed by atoms with Crippen LogP contribution in [0.5, 0.6) is 0 Å². The van der Waals surface area contributed by atoms with Crippen LogP contribution in [0.3, 0.4) is 0 Å². The predicted molar refractivity (Wildman–Crippen MR) is 69.4 cm³/mol. The van der Waals surface area contributed by atoms with Crippen LogP contribution in [0.4, 0.5) is 14.9 Å². The smallest absolute Gasteiger partial charge is 0.404 e. The van der Waals surface area contributed by atoms with E-state index in [0.29, 0.717) is 18.0 Å². The van der Waals surface area contributed by atoms with Crippen LogP contribution in [0.1, 0.15) is 24.8 Å². The van der Waals surface area contributed by atoms with Crippen molar-refractivity contribution in [1.82, 2.24) is 5.32 Å². The molecule has 0 fully saturated rings. The van der Waals surface area contributed by atoms with Crippen molar-refractivity contribution in [3.8, 4) is 0 Å². The van der Waals surface area contributed by atoms with Gasteiger partial charge in [0, 0.05) is 11.6 Å². The molecule has 0 saturated carbocycles. The lowest BCUT2D eigenvalue weighted by Crippen LogP contribution is -2.21. The third-order valence-electron chi connectivity index (χ3n) is 2.56. The lowest BCUT2D eigenvalue weighted by atomic mass is 10.1. The molecule has 0 spiro atoms. The second-order valence-electron chi connectivity index (χ2n) is 4.01. The van der Waals surface area contributed by atoms with Crippen LogP contribution in [-0.4, -0.2) is 17.7 Å². The van der Waals surface area contributed by atoms with E-state index in [1.54, 1.807) is 6.07 Å². The highest BCUT2D eigenvalue weighted by Crippen LogP contribution is 2.23. The molecule has 0 saturated heterocycles. The molecule has 1 aromatic rings. The van der Waals surface area contributed by atoms with Crippen LogP contribution < -0.4 is 11.1 Å². The standard InChI is InChI=1S/C12H16ClFN2O2/c13-9-7-10(14)11(15)6-8(9)4-2-1-3-5-16-12(17)18/h6-7,16H,1-5,15H2,(H,17,18). The molecule has 0 aliphatic heterocycles. The molecule has 0 aliphatic carbocycles. The number of nitrogens with two attached hydrogens (primary N) is 1. The summed E-state index contributed by atoms with van der Waals surface area (Å²) in [4.78, 5) is 10.2. The van der Waals surface area contributed by atoms with E-state index in [-0.39, 0.29) is 5.69 Å². The van der Waals surface area contributed by atoms with Gasteiger partial charge in [0.05, 0.1) is 5.69 Å². The Bertz CT molecular complexity index is 427. The topological polar surface area (TPSA) is 75.3 Å². The van der Waals surface area contributed by atoms with Gasteiger partial charge < -0.3 is 16.2 Å². The maximum absolute atomic E-state index is 13.1. The molecule has 0 heterocycles. The summed E-state index contributed by atoms with van der Waals surface area (Å²) in [5.41, 5.74) is 6.39. The van der Waals surface area contributed by atoms with E-state index >= 15 is 0 Å². The van der Waals surface area contributed by atoms with Gasteiger partial charge in [0.1, 0.15) is 5.82 Å². The summed E-state index contributed by atoms with van der Waals surface area (Å²) in [6.45, 7) is 0.439. The summed E-state index contributed by atoms with van der Waals surface area (Å²) >= 11 is 5.90. The number of aryl methyl sites for hydroxylation is 1. The average Bonchev–Trinajstić information content (AvgIpc) is 2.29. The highest BCUT2D eigenvalue weighted by atomic mass is 35.5. The molecular formula is C12H16ClFN2O2. The molecule has 0 aromatic heterocycles. The van der Waals surface area contributed by atoms with Crippen LogP contribution in [0.25, 0.3) is 0 Å². The fourth-order valence-corrected chi connectivity index (χ4v) is 1.86. The minimum Gasteiger partial charge on any atom is -0.465 e. The highest BCUT2D eigenvalue weighted by Gasteiger charge is 2.06. The van der Waals surface area contributed by atoms with Gasteiger partial charge in [-0.05, 0) is 37.0 Å². The number of nitrogens with one attached hydrogen (secondary N) is 1. The first kappa shape index (κ1) is 14.6. The van der Waals surface area contributed by atoms with Crippen LogP contribution in [0, 0.1) is 5.82 Å². The molecule has 0 bridgehead atoms. The molecule has 18 heavy (non-hydrogen) atoms. The average molecular weight is 275 g/mol. The third kappa shape index (κ3) is 4.79. The molecule has 1 aromatic carbocycles. The Hall–Kier alpha value is -1.49. The number of hydrogen-bond acceptors (Lipinski definition) is 2. The molecule has 1 amide bonds. The molecule has 4 nitrogen and oxygen atoms in total. The summed E-state index contributed by atoms with van der Waals surface area (Å²) < 4.78 is 13.1. The van der Waals surface area contributed by atoms with E-state index < -0.39 is 11.9 Å². The van der Waals surface area contributed by atoms with Gasteiger partial charge in [-0.2, -0.15) is 0 Å². The summed E-state index contributed by atoms with van der Waals surface area (Å²) in [6, 6.07) is 2.77. The van der Waals surface area contributed by atoms with Gasteiger partial charge >= 0.3 is 6.09 Å². The van der Waals surface area contributed by atoms with Gasteiger partial charge in [-0.1, -0.05) is 18.0 Å². The number of rotatable bonds is 6. The third-order valence-corrected chi connectivity index (χ3v) is 2.92. The largest absolute Gasteiger partial charge is 0.465 e. The lowest BCUT2D eigenvalue weighted by Gasteiger charge is -2.06. The Balaban J connectivity index is 2.31. The van der Waals surface area contributed by atoms with Crippen molar-refractivity contribution in [2.24, 2.45) is 0 Å². The molecule has 0 aliphatic rings. The van der Waals surface area contributed by atoms with E-state index in [0.717, 1.165) is 24.8 Å². The highest BCUT2D eigenvalue weighted by molar-refractivity contribution is 6.31. The van der Waals surface area contributed by atoms with Crippen LogP contribution in [0.15, 0.2) is 12.1 Å². The van der Waals surface area contributed by atoms with Crippen LogP contribution in [-0.2, 0) is 6.42 Å². The normalized spacial score (nSPS) is 10.3. The van der Waals surface area contributed by atoms with Gasteiger partial charge in [-0.3, -0.25) is 0 Å². The van der Waals surface area contributed by atoms with Crippen molar-refractivity contribution in [1.29, 1.82) is 0 Å². The summed E-state index contributed by atoms with van der Waals surface area (Å²) in [7, 11) is 0. The fraction of sp³-hybridized carbons (Fsp3) is 0.417. The lowest BCUT2D eigenvalue weighted by molar-refractivity contribution is 0.194. The Labute approximate surface area is 110 Å². The molecule has 6 heteroatoms. The zero-order valence-corrected chi connectivity index (χ0v) is 10.6. The van der Waals surface area contributed by atoms with Gasteiger partial charge in [0.2, 0.25) is 0 Å². The van der Waals surface area contributed by atoms with Gasteiger partial charge in [-0.15, -0.1) is 0 Å². The summed E-state index contributed by atoms with van der Waals surface area (Å²) in [6.07, 6.45) is 2.18. The Kier molecular flexibility index (Phi) is 5.71. The fourth-order valence-electron chi connectivity index (χ4n) is 1.62.